The first-order valence-corrected chi connectivity index (χ1v) is 8.49. The number of carbonyl (C=O) groups is 2. The summed E-state index contributed by atoms with van der Waals surface area (Å²) in [5, 5.41) is 14.1. The second-order valence-electron chi connectivity index (χ2n) is 6.62. The number of carbonyl (C=O) groups excluding carboxylic acids is 2. The highest BCUT2D eigenvalue weighted by atomic mass is 16.6. The molecule has 8 heteroatoms. The molecule has 8 nitrogen and oxygen atoms in total. The van der Waals surface area contributed by atoms with Crippen molar-refractivity contribution in [3.05, 3.63) is 69.7 Å². The van der Waals surface area contributed by atoms with Crippen molar-refractivity contribution in [2.24, 2.45) is 5.41 Å². The van der Waals surface area contributed by atoms with Crippen molar-refractivity contribution in [3.63, 3.8) is 0 Å². The third-order valence-electron chi connectivity index (χ3n) is 5.16. The third-order valence-corrected chi connectivity index (χ3v) is 5.16. The van der Waals surface area contributed by atoms with Gasteiger partial charge in [0.25, 0.3) is 0 Å². The van der Waals surface area contributed by atoms with Crippen LogP contribution in [0.2, 0.25) is 0 Å². The number of methoxy groups -OCH3 is 1. The van der Waals surface area contributed by atoms with E-state index in [0.717, 1.165) is 5.56 Å². The Labute approximate surface area is 155 Å². The van der Waals surface area contributed by atoms with Crippen LogP contribution in [0.5, 0.6) is 0 Å². The van der Waals surface area contributed by atoms with Crippen molar-refractivity contribution in [2.75, 3.05) is 20.2 Å². The lowest BCUT2D eigenvalue weighted by Crippen LogP contribution is -2.49. The zero-order valence-electron chi connectivity index (χ0n) is 15.0. The van der Waals surface area contributed by atoms with Crippen molar-refractivity contribution in [3.8, 4) is 0 Å². The fraction of sp³-hybridized carbons (Fsp3) is 0.368. The van der Waals surface area contributed by atoms with Crippen molar-refractivity contribution in [2.45, 2.75) is 18.8 Å². The van der Waals surface area contributed by atoms with Crippen LogP contribution in [-0.4, -0.2) is 37.0 Å². The molecular formula is C19H20N2O6. The molecule has 0 bridgehead atoms. The summed E-state index contributed by atoms with van der Waals surface area (Å²) in [6.45, 7) is 1.42. The quantitative estimate of drug-likeness (QED) is 0.359. The van der Waals surface area contributed by atoms with E-state index < -0.39 is 40.6 Å². The molecule has 0 unspecified atom stereocenters. The molecule has 0 saturated carbocycles. The minimum atomic E-state index is -1.80. The number of nitrogens with zero attached hydrogens (tertiary/aromatic N) is 1. The second kappa shape index (κ2) is 7.22. The minimum Gasteiger partial charge on any atom is -0.469 e. The molecule has 0 aliphatic carbocycles. The lowest BCUT2D eigenvalue weighted by atomic mass is 9.64. The van der Waals surface area contributed by atoms with Crippen LogP contribution < -0.4 is 5.32 Å². The SMILES string of the molecule is COC(=O)[C@]1([C@@H](C[N+](=O)[O-])c2ccc(C)cc2)C(=O)NC[C@@H]1c1ccco1. The van der Waals surface area contributed by atoms with Crippen LogP contribution in [0.15, 0.2) is 47.1 Å². The number of nitrogens with one attached hydrogen (secondary N) is 1. The van der Waals surface area contributed by atoms with Gasteiger partial charge in [-0.25, -0.2) is 0 Å². The van der Waals surface area contributed by atoms with Crippen LogP contribution in [0.1, 0.15) is 28.7 Å². The van der Waals surface area contributed by atoms with E-state index >= 15 is 0 Å². The van der Waals surface area contributed by atoms with Gasteiger partial charge in [-0.2, -0.15) is 0 Å². The lowest BCUT2D eigenvalue weighted by Gasteiger charge is -2.34. The molecule has 1 fully saturated rings. The van der Waals surface area contributed by atoms with Gasteiger partial charge in [-0.1, -0.05) is 29.8 Å². The highest BCUT2D eigenvalue weighted by Crippen LogP contribution is 2.51. The molecule has 1 aromatic carbocycles. The Morgan fingerprint density at radius 1 is 1.41 bits per heavy atom. The first-order chi connectivity index (χ1) is 12.9. The summed E-state index contributed by atoms with van der Waals surface area (Å²) in [5.41, 5.74) is -0.310. The van der Waals surface area contributed by atoms with Gasteiger partial charge in [0.2, 0.25) is 12.5 Å². The van der Waals surface area contributed by atoms with E-state index in [4.69, 9.17) is 9.15 Å². The molecule has 27 heavy (non-hydrogen) atoms. The maximum Gasteiger partial charge on any atom is 0.323 e. The van der Waals surface area contributed by atoms with E-state index in [-0.39, 0.29) is 6.54 Å². The number of amides is 1. The maximum atomic E-state index is 13.0. The van der Waals surface area contributed by atoms with E-state index in [1.165, 1.54) is 13.4 Å². The summed E-state index contributed by atoms with van der Waals surface area (Å²) in [5.74, 6) is -2.74. The topological polar surface area (TPSA) is 112 Å². The largest absolute Gasteiger partial charge is 0.469 e. The standard InChI is InChI=1S/C19H20N2O6/c1-12-5-7-13(8-6-12)15(11-21(24)25)19(18(23)26-2)14(10-20-17(19)22)16-4-3-9-27-16/h3-9,14-15H,10-11H2,1-2H3,(H,20,22)/t14-,15+,19-/m1/s1. The Morgan fingerprint density at radius 2 is 2.11 bits per heavy atom. The monoisotopic (exact) mass is 372 g/mol. The summed E-state index contributed by atoms with van der Waals surface area (Å²) in [6, 6.07) is 10.3. The van der Waals surface area contributed by atoms with Gasteiger partial charge in [-0.3, -0.25) is 19.7 Å². The van der Waals surface area contributed by atoms with Crippen LogP contribution in [0.4, 0.5) is 0 Å². The molecule has 2 aromatic rings. The normalized spacial score (nSPS) is 22.9. The van der Waals surface area contributed by atoms with Crippen LogP contribution in [0.25, 0.3) is 0 Å². The van der Waals surface area contributed by atoms with E-state index in [2.05, 4.69) is 5.32 Å². The predicted octanol–water partition coefficient (Wildman–Crippen LogP) is 2.02. The smallest absolute Gasteiger partial charge is 0.323 e. The minimum absolute atomic E-state index is 0.127. The molecule has 1 saturated heterocycles. The average Bonchev–Trinajstić information content (AvgIpc) is 3.28. The molecule has 2 heterocycles. The predicted molar refractivity (Wildman–Crippen MR) is 94.7 cm³/mol. The molecule has 3 rings (SSSR count). The summed E-state index contributed by atoms with van der Waals surface area (Å²) in [6.07, 6.45) is 1.44. The van der Waals surface area contributed by atoms with Crippen LogP contribution in [-0.2, 0) is 14.3 Å². The van der Waals surface area contributed by atoms with Crippen LogP contribution >= 0.6 is 0 Å². The Balaban J connectivity index is 2.23. The Morgan fingerprint density at radius 3 is 2.67 bits per heavy atom. The fourth-order valence-electron chi connectivity index (χ4n) is 3.88. The first kappa shape index (κ1) is 18.6. The Kier molecular flexibility index (Phi) is 4.98. The number of hydrogen-bond acceptors (Lipinski definition) is 6. The molecule has 0 radical (unpaired) electrons. The number of rotatable bonds is 6. The summed E-state index contributed by atoms with van der Waals surface area (Å²) in [4.78, 5) is 36.9. The van der Waals surface area contributed by atoms with Gasteiger partial charge in [0.15, 0.2) is 5.41 Å². The number of ether oxygens (including phenoxy) is 1. The van der Waals surface area contributed by atoms with E-state index in [1.807, 2.05) is 6.92 Å². The second-order valence-corrected chi connectivity index (χ2v) is 6.62. The number of benzene rings is 1. The van der Waals surface area contributed by atoms with Gasteiger partial charge < -0.3 is 14.5 Å². The summed E-state index contributed by atoms with van der Waals surface area (Å²) in [7, 11) is 1.17. The van der Waals surface area contributed by atoms with Crippen molar-refractivity contribution in [1.82, 2.24) is 5.32 Å². The van der Waals surface area contributed by atoms with E-state index in [0.29, 0.717) is 11.3 Å². The Hall–Kier alpha value is -3.16. The van der Waals surface area contributed by atoms with Gasteiger partial charge in [0, 0.05) is 11.5 Å². The zero-order valence-corrected chi connectivity index (χ0v) is 15.0. The molecule has 0 spiro atoms. The first-order valence-electron chi connectivity index (χ1n) is 8.49. The highest BCUT2D eigenvalue weighted by Gasteiger charge is 2.64. The van der Waals surface area contributed by atoms with Crippen molar-refractivity contribution < 1.29 is 23.7 Å². The van der Waals surface area contributed by atoms with Gasteiger partial charge in [0.05, 0.1) is 25.2 Å². The molecule has 1 aliphatic rings. The molecule has 3 atom stereocenters. The summed E-state index contributed by atoms with van der Waals surface area (Å²) < 4.78 is 10.4. The van der Waals surface area contributed by atoms with E-state index in [9.17, 15) is 19.7 Å². The fourth-order valence-corrected chi connectivity index (χ4v) is 3.88. The lowest BCUT2D eigenvalue weighted by molar-refractivity contribution is -0.485. The third kappa shape index (κ3) is 3.07. The van der Waals surface area contributed by atoms with Crippen LogP contribution in [0, 0.1) is 22.5 Å². The maximum absolute atomic E-state index is 13.0. The molecule has 1 aliphatic heterocycles. The highest BCUT2D eigenvalue weighted by molar-refractivity contribution is 6.06. The molecule has 142 valence electrons. The van der Waals surface area contributed by atoms with Crippen molar-refractivity contribution in [1.29, 1.82) is 0 Å². The molecule has 1 aromatic heterocycles. The van der Waals surface area contributed by atoms with Gasteiger partial charge >= 0.3 is 5.97 Å². The number of aryl methyl sites for hydroxylation is 1. The summed E-state index contributed by atoms with van der Waals surface area (Å²) >= 11 is 0. The van der Waals surface area contributed by atoms with E-state index in [1.54, 1.807) is 36.4 Å². The number of furan rings is 1. The van der Waals surface area contributed by atoms with Gasteiger partial charge in [-0.05, 0) is 24.6 Å². The number of hydrogen-bond donors (Lipinski definition) is 1. The van der Waals surface area contributed by atoms with Gasteiger partial charge in [-0.15, -0.1) is 0 Å². The van der Waals surface area contributed by atoms with Gasteiger partial charge in [0.1, 0.15) is 5.76 Å². The zero-order chi connectivity index (χ0) is 19.6. The molecule has 1 amide bonds. The average molecular weight is 372 g/mol. The Bertz CT molecular complexity index is 846. The number of esters is 1. The number of nitro groups is 1. The van der Waals surface area contributed by atoms with Crippen LogP contribution in [0.3, 0.4) is 0 Å². The molecule has 1 N–H and O–H groups in total. The van der Waals surface area contributed by atoms with Crippen molar-refractivity contribution >= 4 is 11.9 Å². The molecular weight excluding hydrogens is 352 g/mol.